The number of para-hydroxylation sites is 1. The summed E-state index contributed by atoms with van der Waals surface area (Å²) in [4.78, 5) is 83.2. The molecular weight excluding hydrogens is 552 g/mol. The van der Waals surface area contributed by atoms with Crippen LogP contribution >= 0.6 is 0 Å². The van der Waals surface area contributed by atoms with Gasteiger partial charge in [-0.25, -0.2) is 9.78 Å². The molecule has 11 N–H and O–H groups in total. The molecule has 0 bridgehead atoms. The number of amides is 4. The fraction of sp³-hybridized carbons (Fsp3) is 0.346. The number of carbonyl (C=O) groups is 6. The highest BCUT2D eigenvalue weighted by atomic mass is 16.4. The van der Waals surface area contributed by atoms with Gasteiger partial charge in [0.25, 0.3) is 0 Å². The number of imidazole rings is 1. The number of aromatic nitrogens is 3. The predicted octanol–water partition coefficient (Wildman–Crippen LogP) is -1.72. The van der Waals surface area contributed by atoms with Gasteiger partial charge in [0, 0.05) is 48.3 Å². The Morgan fingerprint density at radius 3 is 2.19 bits per heavy atom. The van der Waals surface area contributed by atoms with E-state index in [4.69, 9.17) is 16.6 Å². The number of hydrogen-bond donors (Lipinski definition) is 9. The number of fused-ring (bicyclic) bond motifs is 1. The van der Waals surface area contributed by atoms with Gasteiger partial charge in [-0.2, -0.15) is 0 Å². The van der Waals surface area contributed by atoms with Crippen molar-refractivity contribution in [2.45, 2.75) is 56.3 Å². The summed E-state index contributed by atoms with van der Waals surface area (Å²) in [5.74, 6) is -6.13. The van der Waals surface area contributed by atoms with Gasteiger partial charge in [0.05, 0.1) is 18.8 Å². The molecule has 3 rings (SSSR count). The van der Waals surface area contributed by atoms with Gasteiger partial charge < -0.3 is 47.6 Å². The molecule has 3 aromatic rings. The fourth-order valence-electron chi connectivity index (χ4n) is 4.22. The van der Waals surface area contributed by atoms with Gasteiger partial charge in [0.15, 0.2) is 0 Å². The van der Waals surface area contributed by atoms with E-state index in [-0.39, 0.29) is 19.3 Å². The lowest BCUT2D eigenvalue weighted by atomic mass is 10.0. The number of H-pyrrole nitrogens is 2. The molecule has 2 heterocycles. The van der Waals surface area contributed by atoms with E-state index in [1.165, 1.54) is 12.5 Å². The SMILES string of the molecule is NC(=O)CC(N)C(=O)NC(CCC(=O)O)C(=O)NC(Cc1cnc[nH]1)C(=O)NC(Cc1c[nH]c2ccccc12)C(=O)O. The Bertz CT molecular complexity index is 1440. The molecule has 0 spiro atoms. The summed E-state index contributed by atoms with van der Waals surface area (Å²) in [7, 11) is 0. The first-order valence-corrected chi connectivity index (χ1v) is 12.9. The number of aromatic amines is 2. The van der Waals surface area contributed by atoms with Gasteiger partial charge in [0.2, 0.25) is 23.6 Å². The number of rotatable bonds is 16. The highest BCUT2D eigenvalue weighted by molar-refractivity contribution is 5.95. The molecule has 42 heavy (non-hydrogen) atoms. The second-order valence-corrected chi connectivity index (χ2v) is 9.58. The van der Waals surface area contributed by atoms with Crippen LogP contribution in [0.4, 0.5) is 0 Å². The van der Waals surface area contributed by atoms with Crippen LogP contribution in [0, 0.1) is 0 Å². The number of hydrogen-bond acceptors (Lipinski definition) is 8. The Hall–Kier alpha value is -5.25. The number of primary amides is 1. The number of carbonyl (C=O) groups excluding carboxylic acids is 4. The van der Waals surface area contributed by atoms with E-state index in [1.54, 1.807) is 12.3 Å². The standard InChI is InChI=1S/C26H32N8O8/c27-16(9-21(28)35)23(38)32-18(5-6-22(36)37)24(39)33-19(8-14-11-29-12-31-14)25(40)34-20(26(41)42)7-13-10-30-17-4-2-1-3-15(13)17/h1-4,10-12,16,18-20,30H,5-9,27H2,(H2,28,35)(H,29,31)(H,32,38)(H,33,39)(H,34,40)(H,36,37)(H,41,42). The van der Waals surface area contributed by atoms with E-state index in [9.17, 15) is 33.9 Å². The first kappa shape index (κ1) is 31.3. The first-order chi connectivity index (χ1) is 19.9. The quantitative estimate of drug-likeness (QED) is 0.0918. The monoisotopic (exact) mass is 584 g/mol. The minimum absolute atomic E-state index is 0.0646. The molecule has 1 aromatic carbocycles. The Morgan fingerprint density at radius 1 is 0.881 bits per heavy atom. The van der Waals surface area contributed by atoms with Crippen LogP contribution < -0.4 is 27.4 Å². The lowest BCUT2D eigenvalue weighted by molar-refractivity contribution is -0.142. The van der Waals surface area contributed by atoms with Crippen molar-refractivity contribution >= 4 is 46.5 Å². The van der Waals surface area contributed by atoms with Gasteiger partial charge in [0.1, 0.15) is 18.1 Å². The van der Waals surface area contributed by atoms with Gasteiger partial charge >= 0.3 is 11.9 Å². The van der Waals surface area contributed by atoms with Crippen molar-refractivity contribution in [2.75, 3.05) is 0 Å². The largest absolute Gasteiger partial charge is 0.481 e. The molecule has 4 atom stereocenters. The second kappa shape index (κ2) is 14.4. The molecule has 0 aliphatic heterocycles. The summed E-state index contributed by atoms with van der Waals surface area (Å²) in [6, 6.07) is 1.68. The van der Waals surface area contributed by atoms with Crippen molar-refractivity contribution in [3.63, 3.8) is 0 Å². The van der Waals surface area contributed by atoms with Crippen molar-refractivity contribution < 1.29 is 39.0 Å². The number of nitrogens with zero attached hydrogens (tertiary/aromatic N) is 1. The maximum atomic E-state index is 13.4. The molecule has 0 aliphatic rings. The summed E-state index contributed by atoms with van der Waals surface area (Å²) in [6.45, 7) is 0. The third-order valence-electron chi connectivity index (χ3n) is 6.36. The molecule has 0 radical (unpaired) electrons. The second-order valence-electron chi connectivity index (χ2n) is 9.58. The molecule has 4 amide bonds. The third-order valence-corrected chi connectivity index (χ3v) is 6.36. The molecule has 4 unspecified atom stereocenters. The number of carboxylic acid groups (broad SMARTS) is 2. The van der Waals surface area contributed by atoms with Crippen LogP contribution in [0.3, 0.4) is 0 Å². The smallest absolute Gasteiger partial charge is 0.326 e. The van der Waals surface area contributed by atoms with Gasteiger partial charge in [-0.1, -0.05) is 18.2 Å². The number of benzene rings is 1. The average molecular weight is 585 g/mol. The van der Waals surface area contributed by atoms with Crippen LogP contribution in [0.15, 0.2) is 43.0 Å². The van der Waals surface area contributed by atoms with E-state index >= 15 is 0 Å². The molecule has 2 aromatic heterocycles. The number of nitrogens with one attached hydrogen (secondary N) is 5. The maximum Gasteiger partial charge on any atom is 0.326 e. The lowest BCUT2D eigenvalue weighted by Gasteiger charge is -2.25. The Labute approximate surface area is 238 Å². The van der Waals surface area contributed by atoms with Crippen LogP contribution in [0.1, 0.15) is 30.5 Å². The molecule has 0 fully saturated rings. The lowest BCUT2D eigenvalue weighted by Crippen LogP contribution is -2.58. The molecule has 0 saturated heterocycles. The van der Waals surface area contributed by atoms with E-state index < -0.39 is 72.6 Å². The zero-order valence-corrected chi connectivity index (χ0v) is 22.3. The summed E-state index contributed by atoms with van der Waals surface area (Å²) in [5.41, 5.74) is 12.6. The van der Waals surface area contributed by atoms with Crippen molar-refractivity contribution in [1.29, 1.82) is 0 Å². The zero-order valence-electron chi connectivity index (χ0n) is 22.3. The Balaban J connectivity index is 1.79. The van der Waals surface area contributed by atoms with Crippen LogP contribution in [-0.2, 0) is 41.6 Å². The summed E-state index contributed by atoms with van der Waals surface area (Å²) in [5, 5.41) is 27.0. The zero-order chi connectivity index (χ0) is 30.8. The van der Waals surface area contributed by atoms with E-state index in [0.29, 0.717) is 11.3 Å². The van der Waals surface area contributed by atoms with Crippen molar-refractivity contribution in [3.05, 3.63) is 54.2 Å². The molecule has 0 saturated carbocycles. The predicted molar refractivity (Wildman–Crippen MR) is 146 cm³/mol. The fourth-order valence-corrected chi connectivity index (χ4v) is 4.22. The maximum absolute atomic E-state index is 13.4. The van der Waals surface area contributed by atoms with Crippen molar-refractivity contribution in [3.8, 4) is 0 Å². The molecule has 16 heteroatoms. The van der Waals surface area contributed by atoms with E-state index in [0.717, 1.165) is 10.9 Å². The molecule has 16 nitrogen and oxygen atoms in total. The summed E-state index contributed by atoms with van der Waals surface area (Å²) >= 11 is 0. The van der Waals surface area contributed by atoms with Crippen molar-refractivity contribution in [1.82, 2.24) is 30.9 Å². The van der Waals surface area contributed by atoms with Gasteiger partial charge in [-0.15, -0.1) is 0 Å². The van der Waals surface area contributed by atoms with Crippen LogP contribution in [0.25, 0.3) is 10.9 Å². The number of aliphatic carboxylic acids is 2. The van der Waals surface area contributed by atoms with Crippen LogP contribution in [0.2, 0.25) is 0 Å². The third kappa shape index (κ3) is 8.88. The molecule has 224 valence electrons. The normalized spacial score (nSPS) is 13.8. The number of nitrogens with two attached hydrogens (primary N) is 2. The summed E-state index contributed by atoms with van der Waals surface area (Å²) in [6.07, 6.45) is 2.78. The number of carboxylic acids is 2. The minimum Gasteiger partial charge on any atom is -0.481 e. The highest BCUT2D eigenvalue weighted by Crippen LogP contribution is 2.19. The Morgan fingerprint density at radius 2 is 1.55 bits per heavy atom. The average Bonchev–Trinajstić information content (AvgIpc) is 3.59. The Kier molecular flexibility index (Phi) is 10.7. The molecule has 0 aliphatic carbocycles. The van der Waals surface area contributed by atoms with Gasteiger partial charge in [-0.3, -0.25) is 24.0 Å². The summed E-state index contributed by atoms with van der Waals surface area (Å²) < 4.78 is 0. The topological polar surface area (TPSA) is 275 Å². The van der Waals surface area contributed by atoms with Crippen molar-refractivity contribution in [2.24, 2.45) is 11.5 Å². The van der Waals surface area contributed by atoms with E-state index in [1.807, 2.05) is 18.2 Å². The van der Waals surface area contributed by atoms with Gasteiger partial charge in [-0.05, 0) is 18.1 Å². The minimum atomic E-state index is -1.45. The van der Waals surface area contributed by atoms with E-state index in [2.05, 4.69) is 30.9 Å². The molecular formula is C26H32N8O8. The highest BCUT2D eigenvalue weighted by Gasteiger charge is 2.31. The first-order valence-electron chi connectivity index (χ1n) is 12.9. The van der Waals surface area contributed by atoms with Crippen LogP contribution in [-0.4, -0.2) is 84.9 Å². The van der Waals surface area contributed by atoms with Crippen LogP contribution in [0.5, 0.6) is 0 Å².